The van der Waals surface area contributed by atoms with Crippen molar-refractivity contribution in [3.05, 3.63) is 71.8 Å². The Morgan fingerprint density at radius 1 is 1.00 bits per heavy atom. The smallest absolute Gasteiger partial charge is 0.0920 e. The SMILES string of the molecule is C#CCC(c1ccccc1)N1CCC(O)(c2ccccc2)CC1. The summed E-state index contributed by atoms with van der Waals surface area (Å²) in [6.07, 6.45) is 7.78. The van der Waals surface area contributed by atoms with Gasteiger partial charge < -0.3 is 5.11 Å². The lowest BCUT2D eigenvalue weighted by Crippen LogP contribution is -2.44. The van der Waals surface area contributed by atoms with Gasteiger partial charge in [-0.25, -0.2) is 0 Å². The Labute approximate surface area is 138 Å². The number of hydrogen-bond donors (Lipinski definition) is 1. The van der Waals surface area contributed by atoms with Gasteiger partial charge in [0.05, 0.1) is 5.60 Å². The van der Waals surface area contributed by atoms with Crippen LogP contribution < -0.4 is 0 Å². The first kappa shape index (κ1) is 15.8. The quantitative estimate of drug-likeness (QED) is 0.870. The highest BCUT2D eigenvalue weighted by molar-refractivity contribution is 5.24. The lowest BCUT2D eigenvalue weighted by molar-refractivity contribution is -0.0357. The van der Waals surface area contributed by atoms with Crippen molar-refractivity contribution < 1.29 is 5.11 Å². The minimum Gasteiger partial charge on any atom is -0.385 e. The van der Waals surface area contributed by atoms with Gasteiger partial charge in [0.25, 0.3) is 0 Å². The van der Waals surface area contributed by atoms with Crippen molar-refractivity contribution >= 4 is 0 Å². The van der Waals surface area contributed by atoms with Crippen LogP contribution in [-0.2, 0) is 5.60 Å². The molecule has 0 spiro atoms. The Balaban J connectivity index is 1.73. The van der Waals surface area contributed by atoms with Crippen LogP contribution in [0, 0.1) is 12.3 Å². The molecule has 1 N–H and O–H groups in total. The van der Waals surface area contributed by atoms with E-state index in [9.17, 15) is 5.11 Å². The second kappa shape index (κ2) is 7.00. The van der Waals surface area contributed by atoms with Gasteiger partial charge in [0.1, 0.15) is 0 Å². The van der Waals surface area contributed by atoms with Gasteiger partial charge >= 0.3 is 0 Å². The maximum Gasteiger partial charge on any atom is 0.0920 e. The number of piperidine rings is 1. The molecule has 0 radical (unpaired) electrons. The summed E-state index contributed by atoms with van der Waals surface area (Å²) >= 11 is 0. The van der Waals surface area contributed by atoms with Crippen LogP contribution in [0.4, 0.5) is 0 Å². The molecule has 1 unspecified atom stereocenters. The summed E-state index contributed by atoms with van der Waals surface area (Å²) in [6, 6.07) is 20.7. The van der Waals surface area contributed by atoms with Gasteiger partial charge in [-0.05, 0) is 24.0 Å². The van der Waals surface area contributed by atoms with E-state index in [4.69, 9.17) is 6.42 Å². The monoisotopic (exact) mass is 305 g/mol. The zero-order valence-corrected chi connectivity index (χ0v) is 13.4. The van der Waals surface area contributed by atoms with Gasteiger partial charge in [0, 0.05) is 25.6 Å². The van der Waals surface area contributed by atoms with E-state index in [0.29, 0.717) is 6.42 Å². The van der Waals surface area contributed by atoms with Crippen molar-refractivity contribution in [3.8, 4) is 12.3 Å². The fourth-order valence-corrected chi connectivity index (χ4v) is 3.49. The van der Waals surface area contributed by atoms with E-state index in [0.717, 1.165) is 31.5 Å². The molecule has 1 saturated heterocycles. The number of rotatable bonds is 4. The Morgan fingerprint density at radius 3 is 2.13 bits per heavy atom. The third-order valence-electron chi connectivity index (χ3n) is 4.87. The van der Waals surface area contributed by atoms with E-state index in [2.05, 4.69) is 35.1 Å². The van der Waals surface area contributed by atoms with Crippen LogP contribution in [0.3, 0.4) is 0 Å². The largest absolute Gasteiger partial charge is 0.385 e. The highest BCUT2D eigenvalue weighted by Gasteiger charge is 2.35. The normalized spacial score (nSPS) is 19.0. The summed E-state index contributed by atoms with van der Waals surface area (Å²) in [5.74, 6) is 2.81. The summed E-state index contributed by atoms with van der Waals surface area (Å²) in [5.41, 5.74) is 1.57. The Kier molecular flexibility index (Phi) is 4.81. The first-order valence-electron chi connectivity index (χ1n) is 8.23. The molecule has 0 aromatic heterocycles. The zero-order valence-electron chi connectivity index (χ0n) is 13.4. The number of likely N-dealkylation sites (tertiary alicyclic amines) is 1. The van der Waals surface area contributed by atoms with Crippen molar-refractivity contribution in [1.82, 2.24) is 4.90 Å². The van der Waals surface area contributed by atoms with Crippen LogP contribution in [0.15, 0.2) is 60.7 Å². The molecule has 1 heterocycles. The van der Waals surface area contributed by atoms with E-state index >= 15 is 0 Å². The molecule has 1 aliphatic rings. The zero-order chi connectivity index (χ0) is 16.1. The summed E-state index contributed by atoms with van der Waals surface area (Å²) in [4.78, 5) is 2.41. The van der Waals surface area contributed by atoms with Crippen molar-refractivity contribution in [2.75, 3.05) is 13.1 Å². The summed E-state index contributed by atoms with van der Waals surface area (Å²) in [5, 5.41) is 11.0. The lowest BCUT2D eigenvalue weighted by atomic mass is 9.83. The fraction of sp³-hybridized carbons (Fsp3) is 0.333. The standard InChI is InChI=1S/C21H23NO/c1-2-9-20(18-10-5-3-6-11-18)22-16-14-21(23,15-17-22)19-12-7-4-8-13-19/h1,3-8,10-13,20,23H,9,14-17H2. The van der Waals surface area contributed by atoms with Crippen molar-refractivity contribution in [3.63, 3.8) is 0 Å². The third kappa shape index (κ3) is 3.47. The summed E-state index contributed by atoms with van der Waals surface area (Å²) < 4.78 is 0. The number of terminal acetylenes is 1. The molecule has 1 fully saturated rings. The van der Waals surface area contributed by atoms with Gasteiger partial charge in [-0.1, -0.05) is 60.7 Å². The molecule has 1 atom stereocenters. The molecule has 0 bridgehead atoms. The predicted octanol–water partition coefficient (Wildman–Crippen LogP) is 3.73. The number of benzene rings is 2. The molecule has 2 heteroatoms. The first-order chi connectivity index (χ1) is 11.2. The van der Waals surface area contributed by atoms with E-state index in [1.54, 1.807) is 0 Å². The van der Waals surface area contributed by atoms with Gasteiger partial charge in [-0.15, -0.1) is 12.3 Å². The minimum absolute atomic E-state index is 0.238. The highest BCUT2D eigenvalue weighted by Crippen LogP contribution is 2.36. The first-order valence-corrected chi connectivity index (χ1v) is 8.23. The van der Waals surface area contributed by atoms with Crippen LogP contribution in [0.1, 0.15) is 36.4 Å². The van der Waals surface area contributed by atoms with Crippen molar-refractivity contribution in [2.24, 2.45) is 0 Å². The van der Waals surface area contributed by atoms with Gasteiger partial charge in [-0.3, -0.25) is 4.90 Å². The molecule has 1 aliphatic heterocycles. The Bertz CT molecular complexity index is 651. The van der Waals surface area contributed by atoms with E-state index < -0.39 is 5.60 Å². The van der Waals surface area contributed by atoms with Gasteiger partial charge in [0.2, 0.25) is 0 Å². The second-order valence-corrected chi connectivity index (χ2v) is 6.27. The van der Waals surface area contributed by atoms with E-state index in [-0.39, 0.29) is 6.04 Å². The average molecular weight is 305 g/mol. The molecule has 0 amide bonds. The molecule has 2 aromatic carbocycles. The molecular weight excluding hydrogens is 282 g/mol. The lowest BCUT2D eigenvalue weighted by Gasteiger charge is -2.41. The molecule has 3 rings (SSSR count). The Hall–Kier alpha value is -2.08. The Morgan fingerprint density at radius 2 is 1.57 bits per heavy atom. The van der Waals surface area contributed by atoms with E-state index in [1.165, 1.54) is 5.56 Å². The molecule has 23 heavy (non-hydrogen) atoms. The van der Waals surface area contributed by atoms with Gasteiger partial charge in [-0.2, -0.15) is 0 Å². The van der Waals surface area contributed by atoms with Gasteiger partial charge in [0.15, 0.2) is 0 Å². The minimum atomic E-state index is -0.713. The maximum absolute atomic E-state index is 11.0. The number of aliphatic hydroxyl groups is 1. The molecular formula is C21H23NO. The van der Waals surface area contributed by atoms with Crippen LogP contribution in [-0.4, -0.2) is 23.1 Å². The number of hydrogen-bond acceptors (Lipinski definition) is 2. The fourth-order valence-electron chi connectivity index (χ4n) is 3.49. The average Bonchev–Trinajstić information content (AvgIpc) is 2.62. The third-order valence-corrected chi connectivity index (χ3v) is 4.87. The highest BCUT2D eigenvalue weighted by atomic mass is 16.3. The molecule has 118 valence electrons. The number of nitrogens with zero attached hydrogens (tertiary/aromatic N) is 1. The van der Waals surface area contributed by atoms with E-state index in [1.807, 2.05) is 36.4 Å². The maximum atomic E-state index is 11.0. The van der Waals surface area contributed by atoms with Crippen molar-refractivity contribution in [2.45, 2.75) is 30.9 Å². The van der Waals surface area contributed by atoms with Crippen LogP contribution in [0.2, 0.25) is 0 Å². The van der Waals surface area contributed by atoms with Crippen molar-refractivity contribution in [1.29, 1.82) is 0 Å². The van der Waals surface area contributed by atoms with Crippen LogP contribution in [0.25, 0.3) is 0 Å². The topological polar surface area (TPSA) is 23.5 Å². The van der Waals surface area contributed by atoms with Crippen LogP contribution in [0.5, 0.6) is 0 Å². The predicted molar refractivity (Wildman–Crippen MR) is 93.8 cm³/mol. The molecule has 2 nitrogen and oxygen atoms in total. The molecule has 0 aliphatic carbocycles. The summed E-state index contributed by atoms with van der Waals surface area (Å²) in [6.45, 7) is 1.71. The molecule has 2 aromatic rings. The van der Waals surface area contributed by atoms with Crippen LogP contribution >= 0.6 is 0 Å². The summed E-state index contributed by atoms with van der Waals surface area (Å²) in [7, 11) is 0. The second-order valence-electron chi connectivity index (χ2n) is 6.27. The molecule has 0 saturated carbocycles.